The van der Waals surface area contributed by atoms with Crippen LogP contribution in [0.5, 0.6) is 0 Å². The number of morpholine rings is 1. The number of nitrogens with zero attached hydrogens (tertiary/aromatic N) is 3. The van der Waals surface area contributed by atoms with Gasteiger partial charge in [0.05, 0.1) is 31.9 Å². The Hall–Kier alpha value is -0.980. The van der Waals surface area contributed by atoms with E-state index in [1.807, 2.05) is 10.3 Å². The van der Waals surface area contributed by atoms with Crippen LogP contribution in [-0.2, 0) is 22.5 Å². The molecule has 0 atom stereocenters. The third-order valence-electron chi connectivity index (χ3n) is 4.53. The topological polar surface area (TPSA) is 45.7 Å². The maximum atomic E-state index is 12.3. The van der Waals surface area contributed by atoms with Gasteiger partial charge in [-0.05, 0) is 18.8 Å². The Bertz CT molecular complexity index is 491. The minimum absolute atomic E-state index is 0.232. The van der Waals surface area contributed by atoms with Crippen molar-refractivity contribution in [2.24, 2.45) is 5.92 Å². The minimum atomic E-state index is 0.232. The van der Waals surface area contributed by atoms with Gasteiger partial charge in [-0.1, -0.05) is 6.92 Å². The van der Waals surface area contributed by atoms with Gasteiger partial charge in [-0.3, -0.25) is 9.69 Å². The maximum Gasteiger partial charge on any atom is 0.228 e. The van der Waals surface area contributed by atoms with E-state index < -0.39 is 0 Å². The van der Waals surface area contributed by atoms with Crippen LogP contribution in [0.4, 0.5) is 0 Å². The summed E-state index contributed by atoms with van der Waals surface area (Å²) in [6.07, 6.45) is 2.71. The zero-order valence-corrected chi connectivity index (χ0v) is 14.1. The lowest BCUT2D eigenvalue weighted by Crippen LogP contribution is -2.38. The molecule has 0 N–H and O–H groups in total. The van der Waals surface area contributed by atoms with E-state index in [1.54, 1.807) is 11.3 Å². The summed E-state index contributed by atoms with van der Waals surface area (Å²) in [6.45, 7) is 8.52. The van der Waals surface area contributed by atoms with E-state index in [-0.39, 0.29) is 5.91 Å². The highest BCUT2D eigenvalue weighted by molar-refractivity contribution is 7.09. The van der Waals surface area contributed by atoms with Crippen LogP contribution < -0.4 is 0 Å². The lowest BCUT2D eigenvalue weighted by molar-refractivity contribution is -0.131. The van der Waals surface area contributed by atoms with Crippen molar-refractivity contribution in [3.8, 4) is 0 Å². The van der Waals surface area contributed by atoms with Crippen molar-refractivity contribution in [3.05, 3.63) is 16.1 Å². The molecule has 6 heteroatoms. The van der Waals surface area contributed by atoms with Gasteiger partial charge >= 0.3 is 0 Å². The molecule has 0 unspecified atom stereocenters. The van der Waals surface area contributed by atoms with Crippen LogP contribution >= 0.6 is 11.3 Å². The van der Waals surface area contributed by atoms with Crippen molar-refractivity contribution < 1.29 is 9.53 Å². The van der Waals surface area contributed by atoms with Gasteiger partial charge in [-0.15, -0.1) is 11.3 Å². The van der Waals surface area contributed by atoms with E-state index in [0.29, 0.717) is 6.42 Å². The number of carbonyl (C=O) groups excluding carboxylic acids is 1. The number of aromatic nitrogens is 1. The first kappa shape index (κ1) is 15.9. The molecule has 1 aromatic rings. The van der Waals surface area contributed by atoms with Crippen molar-refractivity contribution in [1.29, 1.82) is 0 Å². The van der Waals surface area contributed by atoms with Crippen molar-refractivity contribution in [1.82, 2.24) is 14.8 Å². The van der Waals surface area contributed by atoms with Crippen LogP contribution in [0.3, 0.4) is 0 Å². The van der Waals surface area contributed by atoms with Gasteiger partial charge in [0.1, 0.15) is 5.01 Å². The van der Waals surface area contributed by atoms with Gasteiger partial charge in [0, 0.05) is 31.6 Å². The van der Waals surface area contributed by atoms with Gasteiger partial charge in [0.25, 0.3) is 0 Å². The van der Waals surface area contributed by atoms with Gasteiger partial charge in [-0.25, -0.2) is 4.98 Å². The molecule has 2 fully saturated rings. The van der Waals surface area contributed by atoms with E-state index in [4.69, 9.17) is 4.74 Å². The summed E-state index contributed by atoms with van der Waals surface area (Å²) in [7, 11) is 0. The fourth-order valence-electron chi connectivity index (χ4n) is 2.98. The molecule has 3 heterocycles. The summed E-state index contributed by atoms with van der Waals surface area (Å²) in [5, 5.41) is 3.15. The average Bonchev–Trinajstić information content (AvgIpc) is 2.96. The van der Waals surface area contributed by atoms with Gasteiger partial charge in [-0.2, -0.15) is 0 Å². The van der Waals surface area contributed by atoms with Crippen LogP contribution in [0.1, 0.15) is 30.5 Å². The Balaban J connectivity index is 1.49. The number of amides is 1. The maximum absolute atomic E-state index is 12.3. The molecule has 0 aromatic carbocycles. The lowest BCUT2D eigenvalue weighted by atomic mass is 9.99. The zero-order valence-electron chi connectivity index (χ0n) is 13.3. The monoisotopic (exact) mass is 323 g/mol. The number of hydrogen-bond donors (Lipinski definition) is 0. The molecule has 22 heavy (non-hydrogen) atoms. The Morgan fingerprint density at radius 2 is 2.05 bits per heavy atom. The third kappa shape index (κ3) is 4.27. The summed E-state index contributed by atoms with van der Waals surface area (Å²) in [4.78, 5) is 21.3. The average molecular weight is 323 g/mol. The molecule has 5 nitrogen and oxygen atoms in total. The first-order chi connectivity index (χ1) is 10.7. The molecule has 0 aliphatic carbocycles. The molecule has 0 bridgehead atoms. The molecular formula is C16H25N3O2S. The molecule has 2 saturated heterocycles. The van der Waals surface area contributed by atoms with E-state index in [0.717, 1.165) is 75.4 Å². The normalized spacial score (nSPS) is 21.2. The first-order valence-electron chi connectivity index (χ1n) is 8.22. The van der Waals surface area contributed by atoms with E-state index in [9.17, 15) is 4.79 Å². The number of ether oxygens (including phenoxy) is 1. The molecule has 122 valence electrons. The SMILES string of the molecule is CC1CCN(C(=O)Cc2csc(CN3CCOCC3)n2)CC1. The zero-order chi connectivity index (χ0) is 15.4. The molecule has 1 aromatic heterocycles. The number of piperidine rings is 1. The van der Waals surface area contributed by atoms with Crippen molar-refractivity contribution in [2.45, 2.75) is 32.7 Å². The predicted molar refractivity (Wildman–Crippen MR) is 86.9 cm³/mol. The third-order valence-corrected chi connectivity index (χ3v) is 5.41. The van der Waals surface area contributed by atoms with Gasteiger partial charge < -0.3 is 9.64 Å². The molecular weight excluding hydrogens is 298 g/mol. The summed E-state index contributed by atoms with van der Waals surface area (Å²) < 4.78 is 5.36. The smallest absolute Gasteiger partial charge is 0.228 e. The van der Waals surface area contributed by atoms with Crippen LogP contribution in [-0.4, -0.2) is 60.1 Å². The van der Waals surface area contributed by atoms with Crippen LogP contribution in [0.2, 0.25) is 0 Å². The Kier molecular flexibility index (Phi) is 5.44. The van der Waals surface area contributed by atoms with E-state index in [2.05, 4.69) is 16.8 Å². The van der Waals surface area contributed by atoms with Crippen LogP contribution in [0, 0.1) is 5.92 Å². The number of hydrogen-bond acceptors (Lipinski definition) is 5. The number of rotatable bonds is 4. The molecule has 0 saturated carbocycles. The van der Waals surface area contributed by atoms with Crippen LogP contribution in [0.25, 0.3) is 0 Å². The highest BCUT2D eigenvalue weighted by Crippen LogP contribution is 2.18. The van der Waals surface area contributed by atoms with Crippen LogP contribution in [0.15, 0.2) is 5.38 Å². The fourth-order valence-corrected chi connectivity index (χ4v) is 3.81. The molecule has 0 radical (unpaired) electrons. The second-order valence-corrected chi connectivity index (χ2v) is 7.30. The molecule has 1 amide bonds. The number of likely N-dealkylation sites (tertiary alicyclic amines) is 1. The summed E-state index contributed by atoms with van der Waals surface area (Å²) >= 11 is 1.67. The number of thiazole rings is 1. The lowest BCUT2D eigenvalue weighted by Gasteiger charge is -2.30. The van der Waals surface area contributed by atoms with E-state index >= 15 is 0 Å². The Morgan fingerprint density at radius 3 is 2.77 bits per heavy atom. The second kappa shape index (κ2) is 7.53. The molecule has 0 spiro atoms. The first-order valence-corrected chi connectivity index (χ1v) is 9.10. The highest BCUT2D eigenvalue weighted by Gasteiger charge is 2.21. The van der Waals surface area contributed by atoms with Gasteiger partial charge in [0.2, 0.25) is 5.91 Å². The standard InChI is InChI=1S/C16H25N3O2S/c1-13-2-4-19(5-3-13)16(20)10-14-12-22-15(17-14)11-18-6-8-21-9-7-18/h12-13H,2-11H2,1H3. The summed E-state index contributed by atoms with van der Waals surface area (Å²) in [5.41, 5.74) is 0.928. The minimum Gasteiger partial charge on any atom is -0.379 e. The number of carbonyl (C=O) groups is 1. The van der Waals surface area contributed by atoms with Crippen molar-refractivity contribution >= 4 is 17.2 Å². The quantitative estimate of drug-likeness (QED) is 0.847. The van der Waals surface area contributed by atoms with E-state index in [1.165, 1.54) is 0 Å². The molecule has 3 rings (SSSR count). The predicted octanol–water partition coefficient (Wildman–Crippen LogP) is 1.78. The Labute approximate surface area is 136 Å². The fraction of sp³-hybridized carbons (Fsp3) is 0.750. The van der Waals surface area contributed by atoms with Crippen molar-refractivity contribution in [3.63, 3.8) is 0 Å². The van der Waals surface area contributed by atoms with Gasteiger partial charge in [0.15, 0.2) is 0 Å². The molecule has 2 aliphatic heterocycles. The van der Waals surface area contributed by atoms with Crippen molar-refractivity contribution in [2.75, 3.05) is 39.4 Å². The summed E-state index contributed by atoms with van der Waals surface area (Å²) in [6, 6.07) is 0. The largest absolute Gasteiger partial charge is 0.379 e. The molecule has 2 aliphatic rings. The summed E-state index contributed by atoms with van der Waals surface area (Å²) in [5.74, 6) is 0.985. The second-order valence-electron chi connectivity index (χ2n) is 6.36. The highest BCUT2D eigenvalue weighted by atomic mass is 32.1. The Morgan fingerprint density at radius 1 is 1.32 bits per heavy atom.